The maximum atomic E-state index is 5.59. The number of hydrogen-bond donors (Lipinski definition) is 1. The smallest absolute Gasteiger partial charge is 0.138 e. The predicted octanol–water partition coefficient (Wildman–Crippen LogP) is 3.93. The summed E-state index contributed by atoms with van der Waals surface area (Å²) in [6.07, 6.45) is 1.03. The Labute approximate surface area is 126 Å². The van der Waals surface area contributed by atoms with Crippen molar-refractivity contribution in [3.8, 4) is 5.75 Å². The molecule has 0 spiro atoms. The van der Waals surface area contributed by atoms with E-state index in [0.29, 0.717) is 0 Å². The van der Waals surface area contributed by atoms with Crippen LogP contribution in [0.25, 0.3) is 0 Å². The third-order valence-corrected chi connectivity index (χ3v) is 3.53. The number of aryl methyl sites for hydroxylation is 2. The van der Waals surface area contributed by atoms with Crippen LogP contribution in [0.5, 0.6) is 5.75 Å². The lowest BCUT2D eigenvalue weighted by Crippen LogP contribution is -2.19. The van der Waals surface area contributed by atoms with Crippen molar-refractivity contribution in [3.05, 3.63) is 46.8 Å². The number of ether oxygens (including phenoxy) is 1. The fourth-order valence-corrected chi connectivity index (χ4v) is 2.40. The monoisotopic (exact) mass is 288 g/mol. The Morgan fingerprint density at radius 3 is 2.52 bits per heavy atom. The molecule has 1 N–H and O–H groups in total. The first-order valence-corrected chi connectivity index (χ1v) is 7.49. The average Bonchev–Trinajstić information content (AvgIpc) is 2.83. The van der Waals surface area contributed by atoms with Crippen molar-refractivity contribution in [1.82, 2.24) is 10.5 Å². The van der Waals surface area contributed by atoms with Crippen molar-refractivity contribution in [3.63, 3.8) is 0 Å². The van der Waals surface area contributed by atoms with Crippen LogP contribution in [0, 0.1) is 13.8 Å². The number of nitrogens with zero attached hydrogens (tertiary/aromatic N) is 1. The molecule has 1 atom stereocenters. The van der Waals surface area contributed by atoms with E-state index >= 15 is 0 Å². The van der Waals surface area contributed by atoms with Crippen molar-refractivity contribution in [2.45, 2.75) is 46.7 Å². The van der Waals surface area contributed by atoms with Gasteiger partial charge in [-0.3, -0.25) is 0 Å². The molecule has 0 amide bonds. The summed E-state index contributed by atoms with van der Waals surface area (Å²) >= 11 is 0. The lowest BCUT2D eigenvalue weighted by Gasteiger charge is -2.14. The maximum absolute atomic E-state index is 5.59. The summed E-state index contributed by atoms with van der Waals surface area (Å²) in [6, 6.07) is 8.45. The van der Waals surface area contributed by atoms with Gasteiger partial charge in [-0.15, -0.1) is 0 Å². The van der Waals surface area contributed by atoms with E-state index in [9.17, 15) is 0 Å². The Morgan fingerprint density at radius 2 is 1.95 bits per heavy atom. The fraction of sp³-hybridized carbons (Fsp3) is 0.471. The van der Waals surface area contributed by atoms with Gasteiger partial charge in [-0.2, -0.15) is 0 Å². The largest absolute Gasteiger partial charge is 0.494 e. The Balaban J connectivity index is 1.91. The van der Waals surface area contributed by atoms with Gasteiger partial charge >= 0.3 is 0 Å². The van der Waals surface area contributed by atoms with Gasteiger partial charge in [-0.25, -0.2) is 0 Å². The zero-order valence-electron chi connectivity index (χ0n) is 13.3. The SMILES string of the molecule is CCCOc1ccc(CNC(C)c2c(C)noc2C)cc1. The molecule has 1 unspecified atom stereocenters. The summed E-state index contributed by atoms with van der Waals surface area (Å²) in [5, 5.41) is 7.51. The lowest BCUT2D eigenvalue weighted by atomic mass is 10.1. The standard InChI is InChI=1S/C17H24N2O2/c1-5-10-20-16-8-6-15(7-9-16)11-18-12(2)17-13(3)19-21-14(17)4/h6-9,12,18H,5,10-11H2,1-4H3. The molecule has 0 radical (unpaired) electrons. The topological polar surface area (TPSA) is 47.3 Å². The van der Waals surface area contributed by atoms with E-state index in [0.717, 1.165) is 42.3 Å². The minimum absolute atomic E-state index is 0.215. The third kappa shape index (κ3) is 4.08. The summed E-state index contributed by atoms with van der Waals surface area (Å²) in [4.78, 5) is 0. The number of rotatable bonds is 7. The molecule has 0 bridgehead atoms. The quantitative estimate of drug-likeness (QED) is 0.838. The second kappa shape index (κ2) is 7.27. The van der Waals surface area contributed by atoms with Gasteiger partial charge in [0, 0.05) is 18.2 Å². The Bertz CT molecular complexity index is 541. The van der Waals surface area contributed by atoms with E-state index in [1.54, 1.807) is 0 Å². The first-order chi connectivity index (χ1) is 10.1. The van der Waals surface area contributed by atoms with Gasteiger partial charge in [0.2, 0.25) is 0 Å². The van der Waals surface area contributed by atoms with Crippen LogP contribution in [-0.2, 0) is 6.54 Å². The van der Waals surface area contributed by atoms with Gasteiger partial charge in [0.1, 0.15) is 11.5 Å². The molecule has 0 fully saturated rings. The molecule has 21 heavy (non-hydrogen) atoms. The number of benzene rings is 1. The van der Waals surface area contributed by atoms with Crippen molar-refractivity contribution < 1.29 is 9.26 Å². The first kappa shape index (κ1) is 15.6. The van der Waals surface area contributed by atoms with Crippen molar-refractivity contribution in [2.75, 3.05) is 6.61 Å². The number of aromatic nitrogens is 1. The van der Waals surface area contributed by atoms with Crippen LogP contribution >= 0.6 is 0 Å². The molecule has 1 heterocycles. The van der Waals surface area contributed by atoms with E-state index in [2.05, 4.69) is 36.5 Å². The van der Waals surface area contributed by atoms with Crippen molar-refractivity contribution in [2.24, 2.45) is 0 Å². The zero-order chi connectivity index (χ0) is 15.2. The normalized spacial score (nSPS) is 12.4. The molecule has 114 valence electrons. The van der Waals surface area contributed by atoms with Crippen LogP contribution < -0.4 is 10.1 Å². The van der Waals surface area contributed by atoms with Gasteiger partial charge in [-0.1, -0.05) is 24.2 Å². The molecule has 0 saturated carbocycles. The van der Waals surface area contributed by atoms with Crippen LogP contribution in [-0.4, -0.2) is 11.8 Å². The van der Waals surface area contributed by atoms with Crippen LogP contribution in [0.15, 0.2) is 28.8 Å². The summed E-state index contributed by atoms with van der Waals surface area (Å²) in [7, 11) is 0. The Morgan fingerprint density at radius 1 is 1.24 bits per heavy atom. The second-order valence-electron chi connectivity index (χ2n) is 5.33. The Kier molecular flexibility index (Phi) is 5.39. The minimum Gasteiger partial charge on any atom is -0.494 e. The molecule has 0 saturated heterocycles. The molecule has 4 heteroatoms. The van der Waals surface area contributed by atoms with Crippen LogP contribution in [0.2, 0.25) is 0 Å². The zero-order valence-corrected chi connectivity index (χ0v) is 13.3. The van der Waals surface area contributed by atoms with E-state index < -0.39 is 0 Å². The summed E-state index contributed by atoms with van der Waals surface area (Å²) < 4.78 is 10.8. The average molecular weight is 288 g/mol. The highest BCUT2D eigenvalue weighted by molar-refractivity contribution is 5.28. The molecule has 0 aliphatic rings. The van der Waals surface area contributed by atoms with Crippen molar-refractivity contribution >= 4 is 0 Å². The highest BCUT2D eigenvalue weighted by Crippen LogP contribution is 2.21. The summed E-state index contributed by atoms with van der Waals surface area (Å²) in [5.74, 6) is 1.81. The minimum atomic E-state index is 0.215. The number of hydrogen-bond acceptors (Lipinski definition) is 4. The molecular weight excluding hydrogens is 264 g/mol. The third-order valence-electron chi connectivity index (χ3n) is 3.53. The van der Waals surface area contributed by atoms with Gasteiger partial charge < -0.3 is 14.6 Å². The van der Waals surface area contributed by atoms with E-state index in [1.807, 2.05) is 26.0 Å². The molecule has 2 rings (SSSR count). The Hall–Kier alpha value is -1.81. The second-order valence-corrected chi connectivity index (χ2v) is 5.33. The van der Waals surface area contributed by atoms with Gasteiger partial charge in [0.15, 0.2) is 0 Å². The molecule has 4 nitrogen and oxygen atoms in total. The predicted molar refractivity (Wildman–Crippen MR) is 83.5 cm³/mol. The van der Waals surface area contributed by atoms with E-state index in [-0.39, 0.29) is 6.04 Å². The summed E-state index contributed by atoms with van der Waals surface area (Å²) in [5.41, 5.74) is 3.34. The highest BCUT2D eigenvalue weighted by Gasteiger charge is 2.15. The highest BCUT2D eigenvalue weighted by atomic mass is 16.5. The van der Waals surface area contributed by atoms with Crippen molar-refractivity contribution in [1.29, 1.82) is 0 Å². The van der Waals surface area contributed by atoms with Gasteiger partial charge in [-0.05, 0) is 44.9 Å². The van der Waals surface area contributed by atoms with Crippen LogP contribution in [0.4, 0.5) is 0 Å². The summed E-state index contributed by atoms with van der Waals surface area (Å²) in [6.45, 7) is 9.73. The molecular formula is C17H24N2O2. The lowest BCUT2D eigenvalue weighted by molar-refractivity contribution is 0.317. The van der Waals surface area contributed by atoms with Crippen LogP contribution in [0.3, 0.4) is 0 Å². The fourth-order valence-electron chi connectivity index (χ4n) is 2.40. The van der Waals surface area contributed by atoms with Crippen LogP contribution in [0.1, 0.15) is 48.9 Å². The molecule has 0 aliphatic heterocycles. The number of nitrogens with one attached hydrogen (secondary N) is 1. The molecule has 0 aliphatic carbocycles. The van der Waals surface area contributed by atoms with Gasteiger partial charge in [0.25, 0.3) is 0 Å². The van der Waals surface area contributed by atoms with Gasteiger partial charge in [0.05, 0.1) is 12.3 Å². The molecule has 1 aromatic carbocycles. The first-order valence-electron chi connectivity index (χ1n) is 7.49. The van der Waals surface area contributed by atoms with E-state index in [4.69, 9.17) is 9.26 Å². The molecule has 1 aromatic heterocycles. The maximum Gasteiger partial charge on any atom is 0.138 e. The van der Waals surface area contributed by atoms with E-state index in [1.165, 1.54) is 5.56 Å². The molecule has 2 aromatic rings.